The van der Waals surface area contributed by atoms with Crippen LogP contribution in [0.25, 0.3) is 5.69 Å². The molecule has 1 aromatic heterocycles. The molecular weight excluding hydrogens is 438 g/mol. The van der Waals surface area contributed by atoms with E-state index in [-0.39, 0.29) is 6.61 Å². The van der Waals surface area contributed by atoms with Gasteiger partial charge in [0.25, 0.3) is 0 Å². The van der Waals surface area contributed by atoms with Gasteiger partial charge in [0, 0.05) is 11.1 Å². The molecule has 0 bridgehead atoms. The SMILES string of the molecule is CCCc1ccc2c(c1)C(c1ccccc1)=NC(NC(=O)OCc1ccccc1)c1nnc(C)n1-2. The number of fused-ring (bicyclic) bond motifs is 3. The minimum atomic E-state index is -0.767. The quantitative estimate of drug-likeness (QED) is 0.419. The van der Waals surface area contributed by atoms with Gasteiger partial charge in [0.2, 0.25) is 0 Å². The highest BCUT2D eigenvalue weighted by Gasteiger charge is 2.29. The molecule has 0 saturated heterocycles. The zero-order valence-corrected chi connectivity index (χ0v) is 19.8. The molecule has 2 heterocycles. The van der Waals surface area contributed by atoms with Crippen LogP contribution in [-0.2, 0) is 17.8 Å². The van der Waals surface area contributed by atoms with Gasteiger partial charge in [0.05, 0.1) is 11.4 Å². The number of hydrogen-bond donors (Lipinski definition) is 1. The summed E-state index contributed by atoms with van der Waals surface area (Å²) >= 11 is 0. The molecule has 1 N–H and O–H groups in total. The van der Waals surface area contributed by atoms with E-state index in [0.717, 1.165) is 46.8 Å². The molecule has 5 rings (SSSR count). The summed E-state index contributed by atoms with van der Waals surface area (Å²) in [5, 5.41) is 11.6. The summed E-state index contributed by atoms with van der Waals surface area (Å²) in [7, 11) is 0. The number of carbonyl (C=O) groups excluding carboxylic acids is 1. The summed E-state index contributed by atoms with van der Waals surface area (Å²) in [5.74, 6) is 1.26. The minimum Gasteiger partial charge on any atom is -0.445 e. The van der Waals surface area contributed by atoms with Gasteiger partial charge in [0.1, 0.15) is 12.4 Å². The van der Waals surface area contributed by atoms with E-state index in [0.29, 0.717) is 5.82 Å². The average molecular weight is 466 g/mol. The number of ether oxygens (including phenoxy) is 1. The lowest BCUT2D eigenvalue weighted by Gasteiger charge is -2.14. The van der Waals surface area contributed by atoms with Crippen molar-refractivity contribution in [2.75, 3.05) is 0 Å². The maximum Gasteiger partial charge on any atom is 0.409 e. The summed E-state index contributed by atoms with van der Waals surface area (Å²) < 4.78 is 7.45. The minimum absolute atomic E-state index is 0.168. The van der Waals surface area contributed by atoms with Crippen LogP contribution in [0.15, 0.2) is 83.9 Å². The van der Waals surface area contributed by atoms with Crippen LogP contribution in [0.4, 0.5) is 4.79 Å². The molecule has 4 aromatic rings. The molecule has 7 nitrogen and oxygen atoms in total. The molecule has 1 atom stereocenters. The lowest BCUT2D eigenvalue weighted by molar-refractivity contribution is 0.135. The Labute approximate surface area is 204 Å². The molecule has 1 unspecified atom stereocenters. The third kappa shape index (κ3) is 4.71. The Morgan fingerprint density at radius 3 is 2.46 bits per heavy atom. The second-order valence-electron chi connectivity index (χ2n) is 8.49. The van der Waals surface area contributed by atoms with Crippen LogP contribution < -0.4 is 5.32 Å². The fourth-order valence-electron chi connectivity index (χ4n) is 4.32. The van der Waals surface area contributed by atoms with E-state index in [2.05, 4.69) is 40.6 Å². The van der Waals surface area contributed by atoms with Gasteiger partial charge in [-0.2, -0.15) is 0 Å². The number of carbonyl (C=O) groups is 1. The number of aryl methyl sites for hydroxylation is 2. The van der Waals surface area contributed by atoms with Gasteiger partial charge < -0.3 is 4.74 Å². The Balaban J connectivity index is 1.56. The maximum atomic E-state index is 12.8. The van der Waals surface area contributed by atoms with Gasteiger partial charge >= 0.3 is 6.09 Å². The number of nitrogens with one attached hydrogen (secondary N) is 1. The predicted octanol–water partition coefficient (Wildman–Crippen LogP) is 5.30. The first-order valence-electron chi connectivity index (χ1n) is 11.8. The van der Waals surface area contributed by atoms with Gasteiger partial charge in [-0.15, -0.1) is 10.2 Å². The Bertz CT molecular complexity index is 1360. The number of nitrogens with zero attached hydrogens (tertiary/aromatic N) is 4. The van der Waals surface area contributed by atoms with Gasteiger partial charge in [-0.1, -0.05) is 80.1 Å². The molecule has 1 aliphatic heterocycles. The van der Waals surface area contributed by atoms with Crippen molar-refractivity contribution in [2.45, 2.75) is 39.5 Å². The molecule has 1 amide bonds. The number of benzene rings is 3. The number of aromatic nitrogens is 3. The van der Waals surface area contributed by atoms with Gasteiger partial charge in [-0.25, -0.2) is 4.79 Å². The lowest BCUT2D eigenvalue weighted by Crippen LogP contribution is -2.30. The molecule has 176 valence electrons. The van der Waals surface area contributed by atoms with Crippen LogP contribution in [-0.4, -0.2) is 26.6 Å². The van der Waals surface area contributed by atoms with Crippen LogP contribution >= 0.6 is 0 Å². The van der Waals surface area contributed by atoms with Crippen molar-refractivity contribution in [3.05, 3.63) is 113 Å². The van der Waals surface area contributed by atoms with Crippen molar-refractivity contribution < 1.29 is 9.53 Å². The van der Waals surface area contributed by atoms with Crippen LogP contribution in [0.5, 0.6) is 0 Å². The van der Waals surface area contributed by atoms with Crippen LogP contribution in [0.3, 0.4) is 0 Å². The highest BCUT2D eigenvalue weighted by atomic mass is 16.5. The molecule has 0 radical (unpaired) electrons. The zero-order valence-electron chi connectivity index (χ0n) is 19.8. The molecule has 0 aliphatic carbocycles. The Kier molecular flexibility index (Phi) is 6.39. The van der Waals surface area contributed by atoms with Gasteiger partial charge in [0.15, 0.2) is 12.0 Å². The largest absolute Gasteiger partial charge is 0.445 e. The standard InChI is InChI=1S/C28H27N5O2/c1-3-10-20-15-16-24-23(17-20)25(22-13-8-5-9-14-22)29-26(27-32-31-19(2)33(24)27)30-28(34)35-18-21-11-6-4-7-12-21/h4-9,11-17,26H,3,10,18H2,1-2H3,(H,30,34). The molecule has 3 aromatic carbocycles. The highest BCUT2D eigenvalue weighted by molar-refractivity contribution is 6.15. The van der Waals surface area contributed by atoms with Crippen LogP contribution in [0, 0.1) is 6.92 Å². The molecule has 1 aliphatic rings. The molecule has 0 fully saturated rings. The summed E-state index contributed by atoms with van der Waals surface area (Å²) in [6.07, 6.45) is 0.679. The lowest BCUT2D eigenvalue weighted by atomic mass is 9.97. The normalized spacial score (nSPS) is 14.3. The first-order valence-corrected chi connectivity index (χ1v) is 11.8. The van der Waals surface area contributed by atoms with Crippen molar-refractivity contribution >= 4 is 11.8 Å². The molecule has 0 saturated carbocycles. The van der Waals surface area contributed by atoms with E-state index in [9.17, 15) is 4.79 Å². The summed E-state index contributed by atoms with van der Waals surface area (Å²) in [4.78, 5) is 17.8. The molecule has 7 heteroatoms. The van der Waals surface area contributed by atoms with Gasteiger partial charge in [-0.05, 0) is 36.6 Å². The summed E-state index contributed by atoms with van der Waals surface area (Å²) in [6.45, 7) is 4.24. The van der Waals surface area contributed by atoms with Crippen molar-refractivity contribution in [1.82, 2.24) is 20.1 Å². The maximum absolute atomic E-state index is 12.8. The fraction of sp³-hybridized carbons (Fsp3) is 0.214. The number of rotatable bonds is 6. The van der Waals surface area contributed by atoms with E-state index in [1.165, 1.54) is 5.56 Å². The molecule has 35 heavy (non-hydrogen) atoms. The summed E-state index contributed by atoms with van der Waals surface area (Å²) in [5.41, 5.74) is 5.81. The number of aliphatic imine (C=N–C) groups is 1. The topological polar surface area (TPSA) is 81.4 Å². The monoisotopic (exact) mass is 465 g/mol. The summed E-state index contributed by atoms with van der Waals surface area (Å²) in [6, 6.07) is 26.0. The second kappa shape index (κ2) is 9.93. The van der Waals surface area contributed by atoms with Crippen LogP contribution in [0.1, 0.15) is 53.4 Å². The van der Waals surface area contributed by atoms with E-state index in [4.69, 9.17) is 9.73 Å². The van der Waals surface area contributed by atoms with E-state index in [1.807, 2.05) is 72.2 Å². The third-order valence-corrected chi connectivity index (χ3v) is 5.96. The first-order chi connectivity index (χ1) is 17.1. The van der Waals surface area contributed by atoms with E-state index < -0.39 is 12.3 Å². The predicted molar refractivity (Wildman–Crippen MR) is 135 cm³/mol. The van der Waals surface area contributed by atoms with Crippen LogP contribution in [0.2, 0.25) is 0 Å². The third-order valence-electron chi connectivity index (χ3n) is 5.96. The van der Waals surface area contributed by atoms with Crippen molar-refractivity contribution in [3.63, 3.8) is 0 Å². The Morgan fingerprint density at radius 2 is 1.71 bits per heavy atom. The van der Waals surface area contributed by atoms with Gasteiger partial charge in [-0.3, -0.25) is 14.9 Å². The zero-order chi connectivity index (χ0) is 24.2. The Hall–Kier alpha value is -4.26. The fourth-order valence-corrected chi connectivity index (χ4v) is 4.32. The number of hydrogen-bond acceptors (Lipinski definition) is 5. The number of alkyl carbamates (subject to hydrolysis) is 1. The molecular formula is C28H27N5O2. The molecule has 0 spiro atoms. The second-order valence-corrected chi connectivity index (χ2v) is 8.49. The average Bonchev–Trinajstić information content (AvgIpc) is 3.21. The smallest absolute Gasteiger partial charge is 0.409 e. The van der Waals surface area contributed by atoms with Crippen molar-refractivity contribution in [3.8, 4) is 5.69 Å². The van der Waals surface area contributed by atoms with Crippen molar-refractivity contribution in [2.24, 2.45) is 4.99 Å². The number of amides is 1. The van der Waals surface area contributed by atoms with Crippen molar-refractivity contribution in [1.29, 1.82) is 0 Å². The first kappa shape index (κ1) is 22.5. The van der Waals surface area contributed by atoms with E-state index in [1.54, 1.807) is 0 Å². The van der Waals surface area contributed by atoms with E-state index >= 15 is 0 Å². The highest BCUT2D eigenvalue weighted by Crippen LogP contribution is 2.31. The Morgan fingerprint density at radius 1 is 0.971 bits per heavy atom.